The van der Waals surface area contributed by atoms with Gasteiger partial charge in [-0.15, -0.1) is 0 Å². The molecule has 1 saturated carbocycles. The molecule has 2 unspecified atom stereocenters. The number of alkyl halides is 2. The van der Waals surface area contributed by atoms with Crippen LogP contribution in [0.2, 0.25) is 0 Å². The molecule has 2 heterocycles. The molecule has 1 aliphatic carbocycles. The number of carbonyl (C=O) groups is 2. The van der Waals surface area contributed by atoms with Gasteiger partial charge in [-0.1, -0.05) is 6.07 Å². The summed E-state index contributed by atoms with van der Waals surface area (Å²) < 4.78 is 56.1. The number of methoxy groups -OCH3 is 1. The molecule has 0 spiro atoms. The smallest absolute Gasteiger partial charge is 0.347 e. The molecule has 0 saturated heterocycles. The molecule has 4 atom stereocenters. The first-order valence-corrected chi connectivity index (χ1v) is 10.9. The number of ether oxygens (including phenoxy) is 5. The van der Waals surface area contributed by atoms with Crippen molar-refractivity contribution in [2.24, 2.45) is 5.92 Å². The third-order valence-corrected chi connectivity index (χ3v) is 6.27. The zero-order valence-electron chi connectivity index (χ0n) is 18.5. The Balaban J connectivity index is 1.37. The van der Waals surface area contributed by atoms with Gasteiger partial charge in [0.05, 0.1) is 25.7 Å². The Morgan fingerprint density at radius 1 is 1.12 bits per heavy atom. The molecule has 0 aromatic heterocycles. The summed E-state index contributed by atoms with van der Waals surface area (Å²) in [6, 6.07) is 8.79. The monoisotopic (exact) mass is 475 g/mol. The number of esters is 1. The van der Waals surface area contributed by atoms with Crippen LogP contribution < -0.4 is 24.3 Å². The van der Waals surface area contributed by atoms with E-state index in [-0.39, 0.29) is 19.8 Å². The molecule has 10 heteroatoms. The van der Waals surface area contributed by atoms with E-state index in [4.69, 9.17) is 23.7 Å². The number of nitrogens with one attached hydrogen (secondary N) is 1. The highest BCUT2D eigenvalue weighted by Gasteiger charge is 2.72. The van der Waals surface area contributed by atoms with Gasteiger partial charge in [-0.05, 0) is 36.8 Å². The Kier molecular flexibility index (Phi) is 5.45. The van der Waals surface area contributed by atoms with Crippen LogP contribution >= 0.6 is 0 Å². The molecule has 8 nitrogen and oxygen atoms in total. The van der Waals surface area contributed by atoms with Gasteiger partial charge in [0.1, 0.15) is 17.4 Å². The van der Waals surface area contributed by atoms with Gasteiger partial charge in [0.15, 0.2) is 17.6 Å². The number of rotatable bonds is 6. The van der Waals surface area contributed by atoms with Crippen molar-refractivity contribution in [1.29, 1.82) is 0 Å². The van der Waals surface area contributed by atoms with Crippen molar-refractivity contribution in [2.45, 2.75) is 37.3 Å². The quantitative estimate of drug-likeness (QED) is 0.641. The largest absolute Gasteiger partial charge is 0.497 e. The standard InChI is InChI=1S/C24H23F2NO7/c1-3-31-23(29)19-10-15(14-6-5-13(30-2)9-17(14)34-19)27-22(28)21-20(24(21,25)26)12-4-7-16-18(8-12)33-11-32-16/h4-9,15,19-21H,3,10-11H2,1-2H3,(H,27,28)/t15-,19-,20?,21?/m1/s1. The van der Waals surface area contributed by atoms with Gasteiger partial charge >= 0.3 is 5.97 Å². The van der Waals surface area contributed by atoms with Crippen LogP contribution in [0, 0.1) is 5.92 Å². The molecule has 2 aromatic rings. The Labute approximate surface area is 194 Å². The van der Waals surface area contributed by atoms with E-state index >= 15 is 0 Å². The molecule has 1 N–H and O–H groups in total. The molecule has 0 radical (unpaired) electrons. The van der Waals surface area contributed by atoms with Gasteiger partial charge < -0.3 is 29.0 Å². The van der Waals surface area contributed by atoms with Gasteiger partial charge in [-0.25, -0.2) is 13.6 Å². The maximum atomic E-state index is 14.8. The SMILES string of the molecule is CCOC(=O)[C@H]1C[C@@H](NC(=O)C2C(c3ccc4c(c3)OCO4)C2(F)F)c2ccc(OC)cc2O1. The van der Waals surface area contributed by atoms with Crippen LogP contribution in [0.4, 0.5) is 8.78 Å². The summed E-state index contributed by atoms with van der Waals surface area (Å²) in [5.74, 6) is -5.76. The van der Waals surface area contributed by atoms with E-state index in [9.17, 15) is 18.4 Å². The minimum Gasteiger partial charge on any atom is -0.497 e. The lowest BCUT2D eigenvalue weighted by molar-refractivity contribution is -0.153. The second-order valence-electron chi connectivity index (χ2n) is 8.30. The Bertz CT molecular complexity index is 1140. The molecule has 180 valence electrons. The Hall–Kier alpha value is -3.56. The molecular formula is C24H23F2NO7. The predicted octanol–water partition coefficient (Wildman–Crippen LogP) is 3.34. The summed E-state index contributed by atoms with van der Waals surface area (Å²) in [7, 11) is 1.48. The van der Waals surface area contributed by atoms with Crippen molar-refractivity contribution < 1.29 is 42.1 Å². The molecule has 3 aliphatic rings. The molecule has 2 aliphatic heterocycles. The van der Waals surface area contributed by atoms with Gasteiger partial charge in [-0.3, -0.25) is 4.79 Å². The summed E-state index contributed by atoms with van der Waals surface area (Å²) in [5, 5.41) is 2.71. The topological polar surface area (TPSA) is 92.3 Å². The van der Waals surface area contributed by atoms with Crippen LogP contribution in [-0.4, -0.2) is 44.4 Å². The Morgan fingerprint density at radius 2 is 1.91 bits per heavy atom. The first-order chi connectivity index (χ1) is 16.3. The zero-order chi connectivity index (χ0) is 24.0. The van der Waals surface area contributed by atoms with Gasteiger partial charge in [0, 0.05) is 18.1 Å². The van der Waals surface area contributed by atoms with Crippen LogP contribution in [0.5, 0.6) is 23.0 Å². The van der Waals surface area contributed by atoms with Crippen LogP contribution in [0.3, 0.4) is 0 Å². The van der Waals surface area contributed by atoms with Gasteiger partial charge in [0.25, 0.3) is 5.92 Å². The molecular weight excluding hydrogens is 452 g/mol. The lowest BCUT2D eigenvalue weighted by Gasteiger charge is -2.31. The highest BCUT2D eigenvalue weighted by Crippen LogP contribution is 2.62. The number of hydrogen-bond donors (Lipinski definition) is 1. The highest BCUT2D eigenvalue weighted by atomic mass is 19.3. The summed E-state index contributed by atoms with van der Waals surface area (Å²) in [4.78, 5) is 25.4. The number of fused-ring (bicyclic) bond motifs is 2. The van der Waals surface area contributed by atoms with E-state index in [1.165, 1.54) is 19.2 Å². The number of halogens is 2. The molecule has 2 aromatic carbocycles. The summed E-state index contributed by atoms with van der Waals surface area (Å²) in [6.45, 7) is 1.86. The highest BCUT2D eigenvalue weighted by molar-refractivity contribution is 5.86. The fourth-order valence-corrected chi connectivity index (χ4v) is 4.53. The number of amides is 1. The van der Waals surface area contributed by atoms with Gasteiger partial charge in [-0.2, -0.15) is 0 Å². The van der Waals surface area contributed by atoms with E-state index in [0.29, 0.717) is 34.1 Å². The van der Waals surface area contributed by atoms with Crippen molar-refractivity contribution in [2.75, 3.05) is 20.5 Å². The molecule has 34 heavy (non-hydrogen) atoms. The van der Waals surface area contributed by atoms with E-state index in [0.717, 1.165) is 0 Å². The second-order valence-corrected chi connectivity index (χ2v) is 8.30. The molecule has 1 fully saturated rings. The molecule has 0 bridgehead atoms. The Morgan fingerprint density at radius 3 is 2.68 bits per heavy atom. The third-order valence-electron chi connectivity index (χ3n) is 6.27. The predicted molar refractivity (Wildman–Crippen MR) is 113 cm³/mol. The maximum Gasteiger partial charge on any atom is 0.347 e. The van der Waals surface area contributed by atoms with E-state index in [2.05, 4.69) is 5.32 Å². The van der Waals surface area contributed by atoms with Gasteiger partial charge in [0.2, 0.25) is 12.7 Å². The van der Waals surface area contributed by atoms with Crippen molar-refractivity contribution >= 4 is 11.9 Å². The second kappa shape index (κ2) is 8.34. The number of benzene rings is 2. The zero-order valence-corrected chi connectivity index (χ0v) is 18.5. The molecule has 5 rings (SSSR count). The van der Waals surface area contributed by atoms with Crippen molar-refractivity contribution in [1.82, 2.24) is 5.32 Å². The van der Waals surface area contributed by atoms with E-state index < -0.39 is 41.8 Å². The lowest BCUT2D eigenvalue weighted by atomic mass is 9.95. The van der Waals surface area contributed by atoms with Crippen LogP contribution in [-0.2, 0) is 14.3 Å². The third kappa shape index (κ3) is 3.76. The van der Waals surface area contributed by atoms with E-state index in [1.807, 2.05) is 0 Å². The normalized spacial score (nSPS) is 25.5. The fourth-order valence-electron chi connectivity index (χ4n) is 4.53. The van der Waals surface area contributed by atoms with Crippen molar-refractivity contribution in [3.63, 3.8) is 0 Å². The average Bonchev–Trinajstić information content (AvgIpc) is 3.15. The summed E-state index contributed by atoms with van der Waals surface area (Å²) >= 11 is 0. The minimum atomic E-state index is -3.22. The summed E-state index contributed by atoms with van der Waals surface area (Å²) in [5.41, 5.74) is 0.870. The number of hydrogen-bond acceptors (Lipinski definition) is 7. The van der Waals surface area contributed by atoms with Crippen molar-refractivity contribution in [3.05, 3.63) is 47.5 Å². The van der Waals surface area contributed by atoms with E-state index in [1.54, 1.807) is 31.2 Å². The maximum absolute atomic E-state index is 14.8. The first kappa shape index (κ1) is 22.2. The van der Waals surface area contributed by atoms with Crippen LogP contribution in [0.25, 0.3) is 0 Å². The fraction of sp³-hybridized carbons (Fsp3) is 0.417. The van der Waals surface area contributed by atoms with Crippen LogP contribution in [0.1, 0.15) is 36.4 Å². The van der Waals surface area contributed by atoms with Crippen LogP contribution in [0.15, 0.2) is 36.4 Å². The lowest BCUT2D eigenvalue weighted by Crippen LogP contribution is -2.41. The summed E-state index contributed by atoms with van der Waals surface area (Å²) in [6.07, 6.45) is -0.939. The number of carbonyl (C=O) groups excluding carboxylic acids is 2. The average molecular weight is 475 g/mol. The minimum absolute atomic E-state index is 0.0271. The molecule has 1 amide bonds. The van der Waals surface area contributed by atoms with Crippen molar-refractivity contribution in [3.8, 4) is 23.0 Å². The first-order valence-electron chi connectivity index (χ1n) is 10.9.